The second kappa shape index (κ2) is 9.03. The molecule has 0 unspecified atom stereocenters. The Balaban J connectivity index is 1.59. The SMILES string of the molecule is COc1ccc(-c2noc(-c3cc4ccccc4oc3=Nc3ccc(NC(C)=O)cc3)n2)cc1. The first-order valence-corrected chi connectivity index (χ1v) is 10.5. The highest BCUT2D eigenvalue weighted by Gasteiger charge is 2.15. The molecule has 0 radical (unpaired) electrons. The van der Waals surface area contributed by atoms with Crippen LogP contribution in [0.3, 0.4) is 0 Å². The van der Waals surface area contributed by atoms with Gasteiger partial charge >= 0.3 is 0 Å². The number of ether oxygens (including phenoxy) is 1. The van der Waals surface area contributed by atoms with E-state index in [2.05, 4.69) is 20.4 Å². The molecular formula is C26H20N4O4. The third-order valence-electron chi connectivity index (χ3n) is 5.08. The molecule has 0 aliphatic carbocycles. The molecule has 8 heteroatoms. The number of para-hydroxylation sites is 1. The summed E-state index contributed by atoms with van der Waals surface area (Å²) in [5.41, 5.74) is 3.69. The summed E-state index contributed by atoms with van der Waals surface area (Å²) in [4.78, 5) is 20.5. The maximum atomic E-state index is 11.3. The molecular weight excluding hydrogens is 432 g/mol. The molecule has 168 valence electrons. The van der Waals surface area contributed by atoms with E-state index in [4.69, 9.17) is 13.7 Å². The Labute approximate surface area is 194 Å². The number of carbonyl (C=O) groups excluding carboxylic acids is 1. The van der Waals surface area contributed by atoms with Crippen molar-refractivity contribution in [3.63, 3.8) is 0 Å². The van der Waals surface area contributed by atoms with E-state index >= 15 is 0 Å². The zero-order valence-electron chi connectivity index (χ0n) is 18.5. The highest BCUT2D eigenvalue weighted by atomic mass is 16.5. The molecule has 1 amide bonds. The largest absolute Gasteiger partial charge is 0.497 e. The lowest BCUT2D eigenvalue weighted by Crippen LogP contribution is -2.06. The van der Waals surface area contributed by atoms with Crippen LogP contribution in [-0.2, 0) is 4.79 Å². The first-order chi connectivity index (χ1) is 16.6. The van der Waals surface area contributed by atoms with Gasteiger partial charge in [-0.1, -0.05) is 23.4 Å². The molecule has 8 nitrogen and oxygen atoms in total. The third kappa shape index (κ3) is 4.42. The van der Waals surface area contributed by atoms with Crippen LogP contribution in [0.15, 0.2) is 92.8 Å². The lowest BCUT2D eigenvalue weighted by molar-refractivity contribution is -0.114. The molecule has 3 aromatic carbocycles. The topological polar surface area (TPSA) is 103 Å². The monoisotopic (exact) mass is 452 g/mol. The number of nitrogens with zero attached hydrogens (tertiary/aromatic N) is 3. The molecule has 5 aromatic rings. The highest BCUT2D eigenvalue weighted by Crippen LogP contribution is 2.25. The van der Waals surface area contributed by atoms with Gasteiger partial charge in [0, 0.05) is 23.6 Å². The number of nitrogens with one attached hydrogen (secondary N) is 1. The Kier molecular flexibility index (Phi) is 5.61. The van der Waals surface area contributed by atoms with E-state index < -0.39 is 0 Å². The molecule has 0 aliphatic rings. The number of aromatic nitrogens is 2. The Morgan fingerprint density at radius 1 is 1.00 bits per heavy atom. The van der Waals surface area contributed by atoms with E-state index in [1.54, 1.807) is 31.4 Å². The number of carbonyl (C=O) groups is 1. The number of anilines is 1. The lowest BCUT2D eigenvalue weighted by Gasteiger charge is -2.03. The van der Waals surface area contributed by atoms with Crippen molar-refractivity contribution < 1.29 is 18.5 Å². The van der Waals surface area contributed by atoms with Gasteiger partial charge in [0.2, 0.25) is 17.3 Å². The summed E-state index contributed by atoms with van der Waals surface area (Å²) in [6, 6.07) is 24.1. The van der Waals surface area contributed by atoms with Crippen molar-refractivity contribution in [1.82, 2.24) is 10.1 Å². The number of amides is 1. The van der Waals surface area contributed by atoms with Gasteiger partial charge in [-0.25, -0.2) is 4.99 Å². The normalized spacial score (nSPS) is 11.5. The van der Waals surface area contributed by atoms with Gasteiger partial charge in [0.25, 0.3) is 5.89 Å². The first kappa shape index (κ1) is 21.1. The summed E-state index contributed by atoms with van der Waals surface area (Å²) in [6.45, 7) is 1.46. The van der Waals surface area contributed by atoms with Crippen molar-refractivity contribution in [1.29, 1.82) is 0 Å². The van der Waals surface area contributed by atoms with Gasteiger partial charge < -0.3 is 19.0 Å². The second-order valence-electron chi connectivity index (χ2n) is 7.49. The molecule has 0 bridgehead atoms. The minimum absolute atomic E-state index is 0.138. The smallest absolute Gasteiger partial charge is 0.263 e. The molecule has 2 heterocycles. The van der Waals surface area contributed by atoms with Crippen LogP contribution in [0.25, 0.3) is 33.8 Å². The number of methoxy groups -OCH3 is 1. The van der Waals surface area contributed by atoms with E-state index in [0.29, 0.717) is 33.9 Å². The maximum Gasteiger partial charge on any atom is 0.263 e. The van der Waals surface area contributed by atoms with E-state index in [1.807, 2.05) is 54.6 Å². The first-order valence-electron chi connectivity index (χ1n) is 10.5. The quantitative estimate of drug-likeness (QED) is 0.386. The minimum atomic E-state index is -0.138. The van der Waals surface area contributed by atoms with Crippen LogP contribution in [0.2, 0.25) is 0 Å². The molecule has 0 atom stereocenters. The van der Waals surface area contributed by atoms with Crippen molar-refractivity contribution in [2.24, 2.45) is 4.99 Å². The van der Waals surface area contributed by atoms with E-state index in [1.165, 1.54) is 6.92 Å². The lowest BCUT2D eigenvalue weighted by atomic mass is 10.2. The molecule has 0 aliphatic heterocycles. The van der Waals surface area contributed by atoms with Crippen molar-refractivity contribution >= 4 is 28.3 Å². The van der Waals surface area contributed by atoms with Crippen LogP contribution < -0.4 is 15.6 Å². The number of hydrogen-bond acceptors (Lipinski definition) is 7. The third-order valence-corrected chi connectivity index (χ3v) is 5.08. The molecule has 0 fully saturated rings. The highest BCUT2D eigenvalue weighted by molar-refractivity contribution is 5.88. The van der Waals surface area contributed by atoms with Gasteiger partial charge in [-0.2, -0.15) is 4.98 Å². The molecule has 34 heavy (non-hydrogen) atoms. The summed E-state index contributed by atoms with van der Waals surface area (Å²) in [5, 5.41) is 7.75. The van der Waals surface area contributed by atoms with Gasteiger partial charge in [0.1, 0.15) is 16.9 Å². The fraction of sp³-hybridized carbons (Fsp3) is 0.0769. The molecule has 2 aromatic heterocycles. The van der Waals surface area contributed by atoms with Crippen LogP contribution in [0.4, 0.5) is 11.4 Å². The van der Waals surface area contributed by atoms with Crippen LogP contribution in [0, 0.1) is 0 Å². The number of benzene rings is 3. The molecule has 1 N–H and O–H groups in total. The van der Waals surface area contributed by atoms with Crippen LogP contribution in [0.1, 0.15) is 6.92 Å². The summed E-state index contributed by atoms with van der Waals surface area (Å²) >= 11 is 0. The van der Waals surface area contributed by atoms with Gasteiger partial charge in [-0.15, -0.1) is 0 Å². The number of rotatable bonds is 5. The van der Waals surface area contributed by atoms with Gasteiger partial charge in [-0.05, 0) is 60.7 Å². The molecule has 0 saturated heterocycles. The van der Waals surface area contributed by atoms with Gasteiger partial charge in [0.05, 0.1) is 12.8 Å². The maximum absolute atomic E-state index is 11.3. The van der Waals surface area contributed by atoms with Gasteiger partial charge in [0.15, 0.2) is 0 Å². The standard InChI is InChI=1S/C26H20N4O4/c1-16(31)27-19-9-11-20(12-10-19)28-25-22(15-18-5-3-4-6-23(18)33-25)26-29-24(30-34-26)17-7-13-21(32-2)14-8-17/h3-15H,1-2H3,(H,27,31). The van der Waals surface area contributed by atoms with Crippen LogP contribution in [0.5, 0.6) is 5.75 Å². The predicted molar refractivity (Wildman–Crippen MR) is 127 cm³/mol. The molecule has 0 spiro atoms. The van der Waals surface area contributed by atoms with Crippen molar-refractivity contribution in [2.75, 3.05) is 12.4 Å². The van der Waals surface area contributed by atoms with E-state index in [9.17, 15) is 4.79 Å². The Hall–Kier alpha value is -4.72. The molecule has 0 saturated carbocycles. The van der Waals surface area contributed by atoms with E-state index in [0.717, 1.165) is 16.7 Å². The fourth-order valence-electron chi connectivity index (χ4n) is 3.44. The summed E-state index contributed by atoms with van der Waals surface area (Å²) in [6.07, 6.45) is 0. The average Bonchev–Trinajstić information content (AvgIpc) is 3.35. The van der Waals surface area contributed by atoms with Crippen molar-refractivity contribution in [3.8, 4) is 28.6 Å². The van der Waals surface area contributed by atoms with Gasteiger partial charge in [-0.3, -0.25) is 4.79 Å². The van der Waals surface area contributed by atoms with E-state index in [-0.39, 0.29) is 11.8 Å². The molecule has 5 rings (SSSR count). The van der Waals surface area contributed by atoms with Crippen molar-refractivity contribution in [2.45, 2.75) is 6.92 Å². The van der Waals surface area contributed by atoms with Crippen LogP contribution >= 0.6 is 0 Å². The average molecular weight is 452 g/mol. The Bertz CT molecular complexity index is 1530. The minimum Gasteiger partial charge on any atom is -0.497 e. The Morgan fingerprint density at radius 2 is 1.76 bits per heavy atom. The Morgan fingerprint density at radius 3 is 2.50 bits per heavy atom. The van der Waals surface area contributed by atoms with Crippen LogP contribution in [-0.4, -0.2) is 23.2 Å². The zero-order chi connectivity index (χ0) is 23.5. The summed E-state index contributed by atoms with van der Waals surface area (Å²) in [5.74, 6) is 1.33. The fourth-order valence-corrected chi connectivity index (χ4v) is 3.44. The summed E-state index contributed by atoms with van der Waals surface area (Å²) in [7, 11) is 1.61. The number of hydrogen-bond donors (Lipinski definition) is 1. The second-order valence-corrected chi connectivity index (χ2v) is 7.49. The van der Waals surface area contributed by atoms with Crippen molar-refractivity contribution in [3.05, 3.63) is 84.4 Å². The zero-order valence-corrected chi connectivity index (χ0v) is 18.5. The number of fused-ring (bicyclic) bond motifs is 1. The predicted octanol–water partition coefficient (Wildman–Crippen LogP) is 5.35. The summed E-state index contributed by atoms with van der Waals surface area (Å²) < 4.78 is 16.9.